The standard InChI is InChI=1S/C3H5ClO.C2H6O/c1-3(5)2-4;1-2-3/h2H2,1H3;3H,2H2,1H3. The molecule has 0 aliphatic heterocycles. The van der Waals surface area contributed by atoms with Crippen molar-refractivity contribution in [3.63, 3.8) is 0 Å². The smallest absolute Gasteiger partial charge is 0.144 e. The van der Waals surface area contributed by atoms with Gasteiger partial charge in [-0.2, -0.15) is 0 Å². The number of ketones is 1. The number of alkyl halides is 1. The molecule has 0 atom stereocenters. The Balaban J connectivity index is 0. The Bertz CT molecular complexity index is 54.4. The van der Waals surface area contributed by atoms with Crippen LogP contribution in [0.3, 0.4) is 0 Å². The third-order valence-corrected chi connectivity index (χ3v) is 0.565. The number of halogens is 1. The van der Waals surface area contributed by atoms with E-state index in [4.69, 9.17) is 16.7 Å². The van der Waals surface area contributed by atoms with E-state index in [1.165, 1.54) is 6.92 Å². The molecule has 0 radical (unpaired) electrons. The second-order valence-corrected chi connectivity index (χ2v) is 1.42. The van der Waals surface area contributed by atoms with Crippen LogP contribution in [-0.4, -0.2) is 23.4 Å². The third-order valence-electron chi connectivity index (χ3n) is 0.188. The average molecular weight is 139 g/mol. The van der Waals surface area contributed by atoms with E-state index in [9.17, 15) is 4.79 Å². The van der Waals surface area contributed by atoms with Gasteiger partial charge in [0, 0.05) is 6.61 Å². The van der Waals surface area contributed by atoms with Crippen LogP contribution in [0.1, 0.15) is 13.8 Å². The summed E-state index contributed by atoms with van der Waals surface area (Å²) in [6.45, 7) is 3.38. The molecule has 3 heteroatoms. The molecule has 0 aliphatic rings. The van der Waals surface area contributed by atoms with Crippen LogP contribution in [0.2, 0.25) is 0 Å². The van der Waals surface area contributed by atoms with Gasteiger partial charge < -0.3 is 5.11 Å². The second-order valence-electron chi connectivity index (χ2n) is 1.15. The van der Waals surface area contributed by atoms with E-state index in [0.717, 1.165) is 0 Å². The summed E-state index contributed by atoms with van der Waals surface area (Å²) in [6.07, 6.45) is 0. The Kier molecular flexibility index (Phi) is 13.6. The number of aliphatic hydroxyl groups excluding tert-OH is 1. The minimum absolute atomic E-state index is 0.0201. The van der Waals surface area contributed by atoms with E-state index in [2.05, 4.69) is 0 Å². The first-order valence-corrected chi connectivity index (χ1v) is 2.88. The van der Waals surface area contributed by atoms with E-state index in [0.29, 0.717) is 0 Å². The quantitative estimate of drug-likeness (QED) is 0.545. The molecule has 0 aromatic carbocycles. The summed E-state index contributed by atoms with van der Waals surface area (Å²) < 4.78 is 0. The minimum Gasteiger partial charge on any atom is -0.397 e. The fraction of sp³-hybridized carbons (Fsp3) is 0.800. The molecule has 0 unspecified atom stereocenters. The first kappa shape index (κ1) is 10.8. The molecular weight excluding hydrogens is 128 g/mol. The zero-order valence-electron chi connectivity index (χ0n) is 5.15. The van der Waals surface area contributed by atoms with Crippen LogP contribution in [-0.2, 0) is 4.79 Å². The highest BCUT2D eigenvalue weighted by molar-refractivity contribution is 6.27. The number of carbonyl (C=O) groups excluding carboxylic acids is 1. The summed E-state index contributed by atoms with van der Waals surface area (Å²) in [5.41, 5.74) is 0. The molecular formula is C5H11ClO2. The van der Waals surface area contributed by atoms with E-state index in [1.54, 1.807) is 6.92 Å². The molecule has 2 nitrogen and oxygen atoms in total. The lowest BCUT2D eigenvalue weighted by Crippen LogP contribution is -1.86. The number of hydrogen-bond acceptors (Lipinski definition) is 2. The zero-order valence-corrected chi connectivity index (χ0v) is 5.90. The Morgan fingerprint density at radius 3 is 1.88 bits per heavy atom. The van der Waals surface area contributed by atoms with Crippen molar-refractivity contribution in [1.29, 1.82) is 0 Å². The van der Waals surface area contributed by atoms with Gasteiger partial charge in [-0.25, -0.2) is 0 Å². The van der Waals surface area contributed by atoms with Crippen molar-refractivity contribution in [3.05, 3.63) is 0 Å². The van der Waals surface area contributed by atoms with Gasteiger partial charge >= 0.3 is 0 Å². The highest BCUT2D eigenvalue weighted by Gasteiger charge is 1.79. The van der Waals surface area contributed by atoms with Gasteiger partial charge in [0.05, 0.1) is 5.88 Å². The van der Waals surface area contributed by atoms with E-state index >= 15 is 0 Å². The normalized spacial score (nSPS) is 7.00. The Labute approximate surface area is 54.5 Å². The van der Waals surface area contributed by atoms with Crippen LogP contribution >= 0.6 is 11.6 Å². The highest BCUT2D eigenvalue weighted by Crippen LogP contribution is 1.71. The van der Waals surface area contributed by atoms with Gasteiger partial charge in [0.25, 0.3) is 0 Å². The van der Waals surface area contributed by atoms with Crippen LogP contribution in [0.5, 0.6) is 0 Å². The number of Topliss-reactive ketones (excluding diaryl/α,β-unsaturated/α-hetero) is 1. The summed E-state index contributed by atoms with van der Waals surface area (Å²) >= 11 is 4.99. The highest BCUT2D eigenvalue weighted by atomic mass is 35.5. The van der Waals surface area contributed by atoms with Crippen molar-refractivity contribution in [2.45, 2.75) is 13.8 Å². The predicted octanol–water partition coefficient (Wildman–Crippen LogP) is 0.813. The second kappa shape index (κ2) is 10.0. The van der Waals surface area contributed by atoms with Gasteiger partial charge in [-0.1, -0.05) is 0 Å². The van der Waals surface area contributed by atoms with Gasteiger partial charge in [-0.05, 0) is 13.8 Å². The summed E-state index contributed by atoms with van der Waals surface area (Å²) in [6, 6.07) is 0. The van der Waals surface area contributed by atoms with Crippen molar-refractivity contribution in [2.24, 2.45) is 0 Å². The van der Waals surface area contributed by atoms with Crippen LogP contribution in [0.4, 0.5) is 0 Å². The lowest BCUT2D eigenvalue weighted by atomic mass is 10.5. The van der Waals surface area contributed by atoms with Gasteiger partial charge in [-0.3, -0.25) is 4.79 Å². The van der Waals surface area contributed by atoms with E-state index in [-0.39, 0.29) is 18.3 Å². The molecule has 0 saturated carbocycles. The summed E-state index contributed by atoms with van der Waals surface area (Å²) in [4.78, 5) is 9.68. The maximum Gasteiger partial charge on any atom is 0.144 e. The maximum absolute atomic E-state index is 9.68. The molecule has 1 N–H and O–H groups in total. The maximum atomic E-state index is 9.68. The van der Waals surface area contributed by atoms with E-state index < -0.39 is 0 Å². The fourth-order valence-electron chi connectivity index (χ4n) is 0. The average Bonchev–Trinajstić information content (AvgIpc) is 1.69. The molecule has 0 saturated heterocycles. The van der Waals surface area contributed by atoms with E-state index in [1.807, 2.05) is 0 Å². The van der Waals surface area contributed by atoms with Gasteiger partial charge in [-0.15, -0.1) is 11.6 Å². The Hall–Kier alpha value is -0.0800. The van der Waals surface area contributed by atoms with Crippen LogP contribution in [0.15, 0.2) is 0 Å². The molecule has 0 amide bonds. The monoisotopic (exact) mass is 138 g/mol. The summed E-state index contributed by atoms with van der Waals surface area (Å²) in [5.74, 6) is 0.159. The molecule has 0 aromatic heterocycles. The summed E-state index contributed by atoms with van der Waals surface area (Å²) in [5, 5.41) is 7.57. The number of hydrogen-bond donors (Lipinski definition) is 1. The molecule has 0 heterocycles. The van der Waals surface area contributed by atoms with Crippen LogP contribution < -0.4 is 0 Å². The van der Waals surface area contributed by atoms with Gasteiger partial charge in [0.1, 0.15) is 5.78 Å². The van der Waals surface area contributed by atoms with Gasteiger partial charge in [0.2, 0.25) is 0 Å². The van der Waals surface area contributed by atoms with Crippen molar-refractivity contribution < 1.29 is 9.90 Å². The SMILES string of the molecule is CC(=O)CCl.CCO. The van der Waals surface area contributed by atoms with Crippen LogP contribution in [0, 0.1) is 0 Å². The molecule has 0 rings (SSSR count). The summed E-state index contributed by atoms with van der Waals surface area (Å²) in [7, 11) is 0. The molecule has 0 aliphatic carbocycles. The lowest BCUT2D eigenvalue weighted by Gasteiger charge is -1.69. The molecule has 8 heavy (non-hydrogen) atoms. The Morgan fingerprint density at radius 2 is 1.88 bits per heavy atom. The third kappa shape index (κ3) is 38.9. The topological polar surface area (TPSA) is 37.3 Å². The minimum atomic E-state index is 0.0201. The molecule has 50 valence electrons. The zero-order chi connectivity index (χ0) is 6.99. The van der Waals surface area contributed by atoms with Crippen molar-refractivity contribution in [2.75, 3.05) is 12.5 Å². The van der Waals surface area contributed by atoms with Crippen molar-refractivity contribution in [1.82, 2.24) is 0 Å². The van der Waals surface area contributed by atoms with Crippen LogP contribution in [0.25, 0.3) is 0 Å². The fourth-order valence-corrected chi connectivity index (χ4v) is 0. The van der Waals surface area contributed by atoms with Crippen molar-refractivity contribution >= 4 is 17.4 Å². The van der Waals surface area contributed by atoms with Gasteiger partial charge in [0.15, 0.2) is 0 Å². The molecule has 0 bridgehead atoms. The predicted molar refractivity (Wildman–Crippen MR) is 34.2 cm³/mol. The van der Waals surface area contributed by atoms with Crippen molar-refractivity contribution in [3.8, 4) is 0 Å². The molecule has 0 aromatic rings. The molecule has 0 fully saturated rings. The number of carbonyl (C=O) groups is 1. The largest absolute Gasteiger partial charge is 0.397 e. The Morgan fingerprint density at radius 1 is 1.75 bits per heavy atom. The number of aliphatic hydroxyl groups is 1. The first-order chi connectivity index (χ1) is 3.68. The lowest BCUT2D eigenvalue weighted by molar-refractivity contribution is -0.114. The first-order valence-electron chi connectivity index (χ1n) is 2.35. The number of rotatable bonds is 1. The molecule has 0 spiro atoms.